The van der Waals surface area contributed by atoms with E-state index < -0.39 is 4.92 Å². The van der Waals surface area contributed by atoms with E-state index in [1.54, 1.807) is 12.1 Å². The lowest BCUT2D eigenvalue weighted by Gasteiger charge is -2.20. The van der Waals surface area contributed by atoms with E-state index in [-0.39, 0.29) is 5.69 Å². The number of nitriles is 1. The maximum atomic E-state index is 11.1. The first-order valence-electron chi connectivity index (χ1n) is 7.17. The molecule has 1 heterocycles. The van der Waals surface area contributed by atoms with E-state index in [0.717, 1.165) is 26.1 Å². The normalized spacial score (nSPS) is 18.7. The third-order valence-electron chi connectivity index (χ3n) is 3.95. The minimum Gasteiger partial charge on any atom is -0.379 e. The van der Waals surface area contributed by atoms with Crippen LogP contribution >= 0.6 is 0 Å². The molecule has 112 valence electrons. The molecule has 0 amide bonds. The van der Waals surface area contributed by atoms with Crippen molar-refractivity contribution in [3.63, 3.8) is 0 Å². The van der Waals surface area contributed by atoms with Gasteiger partial charge in [0.2, 0.25) is 0 Å². The van der Waals surface area contributed by atoms with Gasteiger partial charge in [-0.2, -0.15) is 5.26 Å². The Balaban J connectivity index is 2.01. The molecule has 1 fully saturated rings. The number of likely N-dealkylation sites (tertiary alicyclic amines) is 1. The molecule has 6 nitrogen and oxygen atoms in total. The highest BCUT2D eigenvalue weighted by Gasteiger charge is 2.24. The fourth-order valence-electron chi connectivity index (χ4n) is 2.65. The van der Waals surface area contributed by atoms with Crippen LogP contribution in [0, 0.1) is 27.4 Å². The van der Waals surface area contributed by atoms with E-state index in [0.29, 0.717) is 23.2 Å². The van der Waals surface area contributed by atoms with Gasteiger partial charge < -0.3 is 10.2 Å². The van der Waals surface area contributed by atoms with Crippen molar-refractivity contribution in [2.75, 3.05) is 25.0 Å². The Bertz CT molecular complexity index is 565. The Kier molecular flexibility index (Phi) is 4.76. The van der Waals surface area contributed by atoms with Gasteiger partial charge in [-0.3, -0.25) is 10.1 Å². The SMILES string of the molecule is CC(C)N1CCC(CNc2ccc(C#N)cc2[N+](=O)[O-])C1. The van der Waals surface area contributed by atoms with E-state index in [1.807, 2.05) is 6.07 Å². The second-order valence-corrected chi connectivity index (χ2v) is 5.73. The number of nitro benzene ring substituents is 1. The highest BCUT2D eigenvalue weighted by atomic mass is 16.6. The molecule has 1 N–H and O–H groups in total. The smallest absolute Gasteiger partial charge is 0.293 e. The molecule has 1 aromatic carbocycles. The van der Waals surface area contributed by atoms with Crippen molar-refractivity contribution < 1.29 is 4.92 Å². The van der Waals surface area contributed by atoms with Crippen LogP contribution in [0.4, 0.5) is 11.4 Å². The van der Waals surface area contributed by atoms with Crippen LogP contribution in [0.25, 0.3) is 0 Å². The lowest BCUT2D eigenvalue weighted by Crippen LogP contribution is -2.29. The van der Waals surface area contributed by atoms with E-state index >= 15 is 0 Å². The van der Waals surface area contributed by atoms with Gasteiger partial charge in [-0.1, -0.05) is 0 Å². The van der Waals surface area contributed by atoms with Crippen molar-refractivity contribution in [1.29, 1.82) is 5.26 Å². The molecule has 1 atom stereocenters. The third-order valence-corrected chi connectivity index (χ3v) is 3.95. The molecule has 0 spiro atoms. The summed E-state index contributed by atoms with van der Waals surface area (Å²) in [6.45, 7) is 7.19. The average molecular weight is 288 g/mol. The summed E-state index contributed by atoms with van der Waals surface area (Å²) in [4.78, 5) is 13.0. The van der Waals surface area contributed by atoms with Gasteiger partial charge in [0.25, 0.3) is 5.69 Å². The largest absolute Gasteiger partial charge is 0.379 e. The fraction of sp³-hybridized carbons (Fsp3) is 0.533. The maximum absolute atomic E-state index is 11.1. The maximum Gasteiger partial charge on any atom is 0.293 e. The minimum atomic E-state index is -0.446. The van der Waals surface area contributed by atoms with Gasteiger partial charge in [-0.15, -0.1) is 0 Å². The standard InChI is InChI=1S/C15H20N4O2/c1-11(2)18-6-5-13(10-18)9-17-14-4-3-12(8-16)7-15(14)19(20)21/h3-4,7,11,13,17H,5-6,9-10H2,1-2H3. The highest BCUT2D eigenvalue weighted by Crippen LogP contribution is 2.26. The molecular formula is C15H20N4O2. The molecule has 1 aromatic rings. The van der Waals surface area contributed by atoms with Crippen molar-refractivity contribution in [3.05, 3.63) is 33.9 Å². The molecule has 0 radical (unpaired) electrons. The zero-order chi connectivity index (χ0) is 15.4. The lowest BCUT2D eigenvalue weighted by atomic mass is 10.1. The average Bonchev–Trinajstić information content (AvgIpc) is 2.94. The molecule has 0 saturated carbocycles. The highest BCUT2D eigenvalue weighted by molar-refractivity contribution is 5.64. The Morgan fingerprint density at radius 2 is 2.33 bits per heavy atom. The van der Waals surface area contributed by atoms with Crippen molar-refractivity contribution in [2.45, 2.75) is 26.3 Å². The topological polar surface area (TPSA) is 82.2 Å². The number of nitrogens with one attached hydrogen (secondary N) is 1. The zero-order valence-corrected chi connectivity index (χ0v) is 12.4. The summed E-state index contributed by atoms with van der Waals surface area (Å²) in [7, 11) is 0. The minimum absolute atomic E-state index is 0.0345. The first-order chi connectivity index (χ1) is 10.0. The second-order valence-electron chi connectivity index (χ2n) is 5.73. The Morgan fingerprint density at radius 1 is 1.57 bits per heavy atom. The number of nitrogens with zero attached hydrogens (tertiary/aromatic N) is 3. The molecule has 1 aliphatic rings. The zero-order valence-electron chi connectivity index (χ0n) is 12.4. The molecule has 2 rings (SSSR count). The summed E-state index contributed by atoms with van der Waals surface area (Å²) >= 11 is 0. The van der Waals surface area contributed by atoms with E-state index in [9.17, 15) is 10.1 Å². The molecule has 1 unspecified atom stereocenters. The Hall–Kier alpha value is -2.13. The Labute approximate surface area is 124 Å². The number of hydrogen-bond acceptors (Lipinski definition) is 5. The van der Waals surface area contributed by atoms with E-state index in [1.165, 1.54) is 6.07 Å². The summed E-state index contributed by atoms with van der Waals surface area (Å²) in [5.74, 6) is 0.502. The van der Waals surface area contributed by atoms with Gasteiger partial charge in [0.1, 0.15) is 5.69 Å². The summed E-state index contributed by atoms with van der Waals surface area (Å²) < 4.78 is 0. The number of hydrogen-bond donors (Lipinski definition) is 1. The van der Waals surface area contributed by atoms with Gasteiger partial charge in [-0.25, -0.2) is 0 Å². The van der Waals surface area contributed by atoms with E-state index in [4.69, 9.17) is 5.26 Å². The van der Waals surface area contributed by atoms with Crippen LogP contribution in [0.3, 0.4) is 0 Å². The monoisotopic (exact) mass is 288 g/mol. The molecular weight excluding hydrogens is 268 g/mol. The van der Waals surface area contributed by atoms with Crippen LogP contribution in [-0.2, 0) is 0 Å². The molecule has 1 aliphatic heterocycles. The lowest BCUT2D eigenvalue weighted by molar-refractivity contribution is -0.384. The molecule has 0 aliphatic carbocycles. The number of nitro groups is 1. The third kappa shape index (κ3) is 3.70. The van der Waals surface area contributed by atoms with Crippen LogP contribution < -0.4 is 5.32 Å². The van der Waals surface area contributed by atoms with Crippen LogP contribution in [0.2, 0.25) is 0 Å². The Morgan fingerprint density at radius 3 is 2.90 bits per heavy atom. The van der Waals surface area contributed by atoms with Crippen LogP contribution in [0.1, 0.15) is 25.8 Å². The number of benzene rings is 1. The van der Waals surface area contributed by atoms with Crippen LogP contribution in [0.5, 0.6) is 0 Å². The molecule has 6 heteroatoms. The van der Waals surface area contributed by atoms with Crippen molar-refractivity contribution in [1.82, 2.24) is 4.90 Å². The number of anilines is 1. The van der Waals surface area contributed by atoms with Crippen molar-refractivity contribution in [2.24, 2.45) is 5.92 Å². The van der Waals surface area contributed by atoms with Crippen LogP contribution in [-0.4, -0.2) is 35.5 Å². The summed E-state index contributed by atoms with van der Waals surface area (Å²) in [5.41, 5.74) is 0.758. The quantitative estimate of drug-likeness (QED) is 0.665. The predicted molar refractivity (Wildman–Crippen MR) is 81.1 cm³/mol. The molecule has 0 bridgehead atoms. The van der Waals surface area contributed by atoms with Crippen molar-refractivity contribution in [3.8, 4) is 6.07 Å². The van der Waals surface area contributed by atoms with Crippen molar-refractivity contribution >= 4 is 11.4 Å². The fourth-order valence-corrected chi connectivity index (χ4v) is 2.65. The van der Waals surface area contributed by atoms with Gasteiger partial charge in [0.15, 0.2) is 0 Å². The molecule has 0 aromatic heterocycles. The first kappa shape index (κ1) is 15.3. The van der Waals surface area contributed by atoms with Gasteiger partial charge in [0, 0.05) is 25.2 Å². The second kappa shape index (κ2) is 6.55. The van der Waals surface area contributed by atoms with Crippen LogP contribution in [0.15, 0.2) is 18.2 Å². The molecule has 21 heavy (non-hydrogen) atoms. The predicted octanol–water partition coefficient (Wildman–Crippen LogP) is 2.61. The number of rotatable bonds is 5. The van der Waals surface area contributed by atoms with Gasteiger partial charge in [0.05, 0.1) is 16.6 Å². The summed E-state index contributed by atoms with van der Waals surface area (Å²) in [6.07, 6.45) is 1.11. The van der Waals surface area contributed by atoms with Gasteiger partial charge in [-0.05, 0) is 44.9 Å². The van der Waals surface area contributed by atoms with Gasteiger partial charge >= 0.3 is 0 Å². The van der Waals surface area contributed by atoms with E-state index in [2.05, 4.69) is 24.1 Å². The summed E-state index contributed by atoms with van der Waals surface area (Å²) in [5, 5.41) is 23.1. The molecule has 1 saturated heterocycles. The summed E-state index contributed by atoms with van der Waals surface area (Å²) in [6, 6.07) is 7.00. The first-order valence-corrected chi connectivity index (χ1v) is 7.17.